The second-order valence-corrected chi connectivity index (χ2v) is 15.1. The fraction of sp³-hybridized carbons (Fsp3) is 0.882. The van der Waals surface area contributed by atoms with Crippen LogP contribution in [0.5, 0.6) is 0 Å². The molecule has 0 radical (unpaired) electrons. The van der Waals surface area contributed by atoms with Crippen molar-refractivity contribution >= 4 is 0 Å². The van der Waals surface area contributed by atoms with Gasteiger partial charge in [-0.25, -0.2) is 0 Å². The molecule has 0 amide bonds. The van der Waals surface area contributed by atoms with Gasteiger partial charge in [0.1, 0.15) is 0 Å². The molecule has 35 heavy (non-hydrogen) atoms. The quantitative estimate of drug-likeness (QED) is 0.271. The lowest BCUT2D eigenvalue weighted by molar-refractivity contribution is 0.142. The minimum Gasteiger partial charge on any atom is -0.325 e. The highest BCUT2D eigenvalue weighted by Gasteiger charge is 2.40. The monoisotopic (exact) mass is 490 g/mol. The largest absolute Gasteiger partial charge is 0.325 e. The van der Waals surface area contributed by atoms with Gasteiger partial charge >= 0.3 is 0 Å². The topological polar surface area (TPSA) is 26.0 Å². The molecule has 0 aromatic rings. The first-order chi connectivity index (χ1) is 15.8. The Morgan fingerprint density at radius 2 is 1.49 bits per heavy atom. The van der Waals surface area contributed by atoms with Gasteiger partial charge in [-0.2, -0.15) is 0 Å². The van der Waals surface area contributed by atoms with Crippen LogP contribution in [0.25, 0.3) is 0 Å². The van der Waals surface area contributed by atoms with Gasteiger partial charge in [-0.15, -0.1) is 0 Å². The van der Waals surface area contributed by atoms with Crippen LogP contribution < -0.4 is 5.73 Å². The number of rotatable bonds is 12. The van der Waals surface area contributed by atoms with E-state index in [-0.39, 0.29) is 16.4 Å². The summed E-state index contributed by atoms with van der Waals surface area (Å²) in [5.41, 5.74) is 7.26. The Labute approximate surface area is 223 Å². The van der Waals surface area contributed by atoms with E-state index < -0.39 is 0 Å². The average Bonchev–Trinajstić information content (AvgIpc) is 3.09. The van der Waals surface area contributed by atoms with Gasteiger partial charge in [0.05, 0.1) is 0 Å². The zero-order valence-electron chi connectivity index (χ0n) is 26.6. The van der Waals surface area contributed by atoms with Crippen molar-refractivity contribution in [3.8, 4) is 0 Å². The highest BCUT2D eigenvalue weighted by atomic mass is 14.7. The molecule has 2 N–H and O–H groups in total. The second kappa shape index (κ2) is 14.4. The molecule has 1 fully saturated rings. The molecule has 1 aliphatic carbocycles. The Hall–Kier alpha value is -0.560. The minimum absolute atomic E-state index is 0.0677. The number of allylic oxidation sites excluding steroid dienone is 3. The third kappa shape index (κ3) is 13.5. The first-order valence-corrected chi connectivity index (χ1v) is 15.0. The van der Waals surface area contributed by atoms with Gasteiger partial charge in [0.15, 0.2) is 0 Å². The minimum atomic E-state index is -0.0677. The molecule has 1 rings (SSSR count). The predicted octanol–water partition coefficient (Wildman–Crippen LogP) is 11.1. The number of nitrogens with two attached hydrogens (primary N) is 1. The van der Waals surface area contributed by atoms with Gasteiger partial charge in [-0.05, 0) is 79.4 Å². The molecule has 1 nitrogen and oxygen atoms in total. The molecule has 1 aliphatic rings. The van der Waals surface area contributed by atoms with Crippen LogP contribution in [0.2, 0.25) is 0 Å². The summed E-state index contributed by atoms with van der Waals surface area (Å²) in [6.45, 7) is 30.1. The summed E-state index contributed by atoms with van der Waals surface area (Å²) in [5, 5.41) is 0. The molecule has 1 heteroatoms. The Morgan fingerprint density at radius 3 is 1.97 bits per heavy atom. The molecular formula is C34H67N. The molecule has 0 aliphatic heterocycles. The summed E-state index contributed by atoms with van der Waals surface area (Å²) < 4.78 is 0. The van der Waals surface area contributed by atoms with E-state index in [1.165, 1.54) is 57.8 Å². The van der Waals surface area contributed by atoms with Gasteiger partial charge in [0, 0.05) is 5.54 Å². The van der Waals surface area contributed by atoms with Gasteiger partial charge in [-0.1, -0.05) is 133 Å². The van der Waals surface area contributed by atoms with E-state index >= 15 is 0 Å². The Bertz CT molecular complexity index is 622. The van der Waals surface area contributed by atoms with E-state index in [4.69, 9.17) is 5.73 Å². The van der Waals surface area contributed by atoms with Crippen LogP contribution in [0, 0.1) is 33.5 Å². The molecular weight excluding hydrogens is 422 g/mol. The maximum absolute atomic E-state index is 5.81. The molecule has 3 atom stereocenters. The van der Waals surface area contributed by atoms with Gasteiger partial charge < -0.3 is 5.73 Å². The Kier molecular flexibility index (Phi) is 14.2. The summed E-state index contributed by atoms with van der Waals surface area (Å²) in [6.07, 6.45) is 22.9. The van der Waals surface area contributed by atoms with E-state index in [9.17, 15) is 0 Å². The lowest BCUT2D eigenvalue weighted by atomic mass is 9.64. The zero-order valence-corrected chi connectivity index (χ0v) is 26.6. The van der Waals surface area contributed by atoms with Crippen LogP contribution in [0.15, 0.2) is 24.3 Å². The SMILES string of the molecule is CC(C)(C)/C=C/CC(C)(C)N.CCCCC1(C)CCCC1C(C)/C=C\C(C)(C)C(C)(C)CCCC. The van der Waals surface area contributed by atoms with Crippen molar-refractivity contribution in [2.75, 3.05) is 0 Å². The fourth-order valence-corrected chi connectivity index (χ4v) is 5.46. The molecule has 0 aromatic heterocycles. The molecule has 0 heterocycles. The van der Waals surface area contributed by atoms with Crippen molar-refractivity contribution in [3.63, 3.8) is 0 Å². The van der Waals surface area contributed by atoms with Crippen molar-refractivity contribution in [2.45, 2.75) is 160 Å². The fourth-order valence-electron chi connectivity index (χ4n) is 5.46. The van der Waals surface area contributed by atoms with Crippen LogP contribution in [0.4, 0.5) is 0 Å². The van der Waals surface area contributed by atoms with Crippen LogP contribution in [0.3, 0.4) is 0 Å². The first kappa shape index (κ1) is 34.4. The molecule has 0 bridgehead atoms. The third-order valence-electron chi connectivity index (χ3n) is 8.87. The van der Waals surface area contributed by atoms with Gasteiger partial charge in [0.2, 0.25) is 0 Å². The highest BCUT2D eigenvalue weighted by Crippen LogP contribution is 2.51. The van der Waals surface area contributed by atoms with Crippen molar-refractivity contribution < 1.29 is 0 Å². The van der Waals surface area contributed by atoms with E-state index in [0.717, 1.165) is 18.3 Å². The number of hydrogen-bond acceptors (Lipinski definition) is 1. The summed E-state index contributed by atoms with van der Waals surface area (Å²) >= 11 is 0. The van der Waals surface area contributed by atoms with E-state index in [1.54, 1.807) is 0 Å². The van der Waals surface area contributed by atoms with Crippen LogP contribution >= 0.6 is 0 Å². The van der Waals surface area contributed by atoms with E-state index in [1.807, 2.05) is 13.8 Å². The lowest BCUT2D eigenvalue weighted by Gasteiger charge is -2.41. The maximum atomic E-state index is 5.81. The smallest absolute Gasteiger partial charge is 0.0132 e. The number of hydrogen-bond donors (Lipinski definition) is 1. The zero-order chi connectivity index (χ0) is 27.6. The normalized spacial score (nSPS) is 23.1. The maximum Gasteiger partial charge on any atom is 0.0132 e. The van der Waals surface area contributed by atoms with Crippen LogP contribution in [-0.2, 0) is 0 Å². The molecule has 0 aromatic carbocycles. The van der Waals surface area contributed by atoms with Crippen molar-refractivity contribution in [1.82, 2.24) is 0 Å². The molecule has 3 unspecified atom stereocenters. The summed E-state index contributed by atoms with van der Waals surface area (Å²) in [4.78, 5) is 0. The third-order valence-corrected chi connectivity index (χ3v) is 8.87. The molecule has 1 saturated carbocycles. The average molecular weight is 490 g/mol. The Balaban J connectivity index is 0.000000883. The second-order valence-electron chi connectivity index (χ2n) is 15.1. The Morgan fingerprint density at radius 1 is 0.914 bits per heavy atom. The predicted molar refractivity (Wildman–Crippen MR) is 162 cm³/mol. The van der Waals surface area contributed by atoms with Crippen LogP contribution in [-0.4, -0.2) is 5.54 Å². The standard InChI is InChI=1S/C24H46.C10H21N/c1-9-11-16-22(4,5)23(6,7)19-15-20(3)21-14-13-18-24(21,8)17-12-10-2;1-9(2,3)7-6-8-10(4,5)11/h15,19-21H,9-14,16-18H2,1-8H3;6-7H,8,11H2,1-5H3/b19-15-;7-6+. The van der Waals surface area contributed by atoms with Gasteiger partial charge in [0.25, 0.3) is 0 Å². The number of unbranched alkanes of at least 4 members (excludes halogenated alkanes) is 2. The summed E-state index contributed by atoms with van der Waals surface area (Å²) in [7, 11) is 0. The van der Waals surface area contributed by atoms with Crippen LogP contribution in [0.1, 0.15) is 154 Å². The molecule has 0 saturated heterocycles. The molecule has 208 valence electrons. The highest BCUT2D eigenvalue weighted by molar-refractivity contribution is 5.06. The van der Waals surface area contributed by atoms with Crippen molar-refractivity contribution in [1.29, 1.82) is 0 Å². The lowest BCUT2D eigenvalue weighted by Crippen LogP contribution is -2.31. The van der Waals surface area contributed by atoms with Crippen molar-refractivity contribution in [3.05, 3.63) is 24.3 Å². The van der Waals surface area contributed by atoms with Crippen molar-refractivity contribution in [2.24, 2.45) is 39.2 Å². The van der Waals surface area contributed by atoms with E-state index in [0.29, 0.717) is 10.8 Å². The summed E-state index contributed by atoms with van der Waals surface area (Å²) in [5.74, 6) is 1.60. The summed E-state index contributed by atoms with van der Waals surface area (Å²) in [6, 6.07) is 0. The van der Waals surface area contributed by atoms with Gasteiger partial charge in [-0.3, -0.25) is 0 Å². The van der Waals surface area contributed by atoms with E-state index in [2.05, 4.69) is 100 Å². The first-order valence-electron chi connectivity index (χ1n) is 15.0. The molecule has 0 spiro atoms.